The minimum absolute atomic E-state index is 0.223. The normalized spacial score (nSPS) is 16.8. The first-order valence-corrected chi connectivity index (χ1v) is 13.2. The van der Waals surface area contributed by atoms with Gasteiger partial charge in [0, 0.05) is 38.2 Å². The van der Waals surface area contributed by atoms with E-state index in [0.717, 1.165) is 55.6 Å². The molecule has 34 heavy (non-hydrogen) atoms. The number of amides is 1. The lowest BCUT2D eigenvalue weighted by molar-refractivity contribution is -0.121. The Kier molecular flexibility index (Phi) is 11.3. The van der Waals surface area contributed by atoms with Gasteiger partial charge in [0.15, 0.2) is 0 Å². The molecule has 6 nitrogen and oxygen atoms in total. The van der Waals surface area contributed by atoms with Crippen LogP contribution in [0.25, 0.3) is 11.3 Å². The molecule has 0 aliphatic carbocycles. The number of rotatable bonds is 14. The molecule has 1 fully saturated rings. The largest absolute Gasteiger partial charge is 0.355 e. The fourth-order valence-corrected chi connectivity index (χ4v) is 4.74. The van der Waals surface area contributed by atoms with Gasteiger partial charge in [0.1, 0.15) is 5.49 Å². The fraction of sp³-hybridized carbons (Fsp3) is 0.607. The summed E-state index contributed by atoms with van der Waals surface area (Å²) in [6.07, 6.45) is 12.7. The molecule has 186 valence electrons. The van der Waals surface area contributed by atoms with Crippen molar-refractivity contribution in [2.75, 3.05) is 27.2 Å². The van der Waals surface area contributed by atoms with E-state index in [0.29, 0.717) is 12.5 Å². The average Bonchev–Trinajstić information content (AvgIpc) is 3.28. The molecule has 6 heteroatoms. The van der Waals surface area contributed by atoms with Crippen LogP contribution in [0.15, 0.2) is 47.5 Å². The zero-order valence-corrected chi connectivity index (χ0v) is 21.2. The van der Waals surface area contributed by atoms with Gasteiger partial charge in [-0.3, -0.25) is 9.79 Å². The maximum Gasteiger partial charge on any atom is 0.220 e. The van der Waals surface area contributed by atoms with Crippen LogP contribution in [0.2, 0.25) is 0 Å². The van der Waals surface area contributed by atoms with Gasteiger partial charge in [-0.25, -0.2) is 4.68 Å². The zero-order chi connectivity index (χ0) is 24.0. The molecule has 1 unspecified atom stereocenters. The van der Waals surface area contributed by atoms with E-state index in [1.165, 1.54) is 44.9 Å². The van der Waals surface area contributed by atoms with Crippen molar-refractivity contribution in [3.63, 3.8) is 0 Å². The second kappa shape index (κ2) is 14.7. The first kappa shape index (κ1) is 26.1. The van der Waals surface area contributed by atoms with E-state index in [4.69, 9.17) is 5.10 Å². The van der Waals surface area contributed by atoms with Crippen molar-refractivity contribution >= 4 is 5.91 Å². The highest BCUT2D eigenvalue weighted by Gasteiger charge is 2.20. The standard InChI is InChI=1S/C28H43N5O/c1-29-27-20-19-26(24-15-10-9-11-16-24)31-33(27)22-13-8-6-4-3-5-7-12-18-28(34)30-23-25-17-14-21-32(25)2/h9-11,15-16,19-20,25H,3-8,12-14,17-18,21-23H2,1-2H3,(H,30,34). The number of hydrogen-bond acceptors (Lipinski definition) is 4. The lowest BCUT2D eigenvalue weighted by Crippen LogP contribution is -2.38. The summed E-state index contributed by atoms with van der Waals surface area (Å²) in [6, 6.07) is 15.0. The Morgan fingerprint density at radius 1 is 1.00 bits per heavy atom. The van der Waals surface area contributed by atoms with Crippen molar-refractivity contribution in [3.05, 3.63) is 48.0 Å². The van der Waals surface area contributed by atoms with Crippen molar-refractivity contribution < 1.29 is 4.79 Å². The van der Waals surface area contributed by atoms with E-state index in [2.05, 4.69) is 40.5 Å². The summed E-state index contributed by atoms with van der Waals surface area (Å²) in [6.45, 7) is 2.87. The van der Waals surface area contributed by atoms with E-state index in [9.17, 15) is 4.79 Å². The predicted octanol–water partition coefficient (Wildman–Crippen LogP) is 4.80. The van der Waals surface area contributed by atoms with E-state index in [-0.39, 0.29) is 5.91 Å². The maximum atomic E-state index is 12.0. The third-order valence-corrected chi connectivity index (χ3v) is 6.91. The highest BCUT2D eigenvalue weighted by atomic mass is 16.1. The summed E-state index contributed by atoms with van der Waals surface area (Å²) in [7, 11) is 3.98. The second-order valence-corrected chi connectivity index (χ2v) is 9.55. The Morgan fingerprint density at radius 3 is 2.38 bits per heavy atom. The Hall–Kier alpha value is -2.47. The number of nitrogens with one attached hydrogen (secondary N) is 1. The molecule has 2 heterocycles. The predicted molar refractivity (Wildman–Crippen MR) is 139 cm³/mol. The molecule has 2 aromatic rings. The lowest BCUT2D eigenvalue weighted by Gasteiger charge is -2.19. The quantitative estimate of drug-likeness (QED) is 0.408. The van der Waals surface area contributed by atoms with Crippen LogP contribution in [0.3, 0.4) is 0 Å². The van der Waals surface area contributed by atoms with Crippen molar-refractivity contribution in [2.45, 2.75) is 83.2 Å². The Labute approximate surface area is 205 Å². The first-order valence-electron chi connectivity index (χ1n) is 13.2. The van der Waals surface area contributed by atoms with Gasteiger partial charge in [0.25, 0.3) is 0 Å². The second-order valence-electron chi connectivity index (χ2n) is 9.55. The highest BCUT2D eigenvalue weighted by Crippen LogP contribution is 2.15. The topological polar surface area (TPSA) is 62.5 Å². The van der Waals surface area contributed by atoms with Gasteiger partial charge in [-0.15, -0.1) is 0 Å². The fourth-order valence-electron chi connectivity index (χ4n) is 4.74. The van der Waals surface area contributed by atoms with Gasteiger partial charge in [-0.1, -0.05) is 68.9 Å². The van der Waals surface area contributed by atoms with Crippen LogP contribution >= 0.6 is 0 Å². The first-order chi connectivity index (χ1) is 16.7. The minimum atomic E-state index is 0.223. The number of aryl methyl sites for hydroxylation is 1. The number of likely N-dealkylation sites (tertiary alicyclic amines) is 1. The molecule has 0 saturated carbocycles. The molecule has 0 bridgehead atoms. The van der Waals surface area contributed by atoms with Gasteiger partial charge in [0.05, 0.1) is 5.69 Å². The van der Waals surface area contributed by atoms with Gasteiger partial charge in [0.2, 0.25) is 5.91 Å². The number of nitrogens with zero attached hydrogens (tertiary/aromatic N) is 4. The average molecular weight is 466 g/mol. The minimum Gasteiger partial charge on any atom is -0.355 e. The number of carbonyl (C=O) groups excluding carboxylic acids is 1. The number of carbonyl (C=O) groups is 1. The summed E-state index contributed by atoms with van der Waals surface area (Å²) in [5.74, 6) is 0.223. The number of hydrogen-bond donors (Lipinski definition) is 1. The van der Waals surface area contributed by atoms with Crippen LogP contribution in [-0.2, 0) is 11.3 Å². The van der Waals surface area contributed by atoms with Crippen LogP contribution in [0.4, 0.5) is 0 Å². The van der Waals surface area contributed by atoms with Crippen LogP contribution in [0.1, 0.15) is 70.6 Å². The number of likely N-dealkylation sites (N-methyl/N-ethyl adjacent to an activating group) is 1. The summed E-state index contributed by atoms with van der Waals surface area (Å²) >= 11 is 0. The Morgan fingerprint density at radius 2 is 1.71 bits per heavy atom. The van der Waals surface area contributed by atoms with E-state index in [1.54, 1.807) is 0 Å². The molecule has 1 N–H and O–H groups in total. The summed E-state index contributed by atoms with van der Waals surface area (Å²) < 4.78 is 2.04. The third kappa shape index (κ3) is 8.71. The summed E-state index contributed by atoms with van der Waals surface area (Å²) in [4.78, 5) is 18.8. The molecule has 1 amide bonds. The number of unbranched alkanes of at least 4 members (excludes halogenated alkanes) is 7. The lowest BCUT2D eigenvalue weighted by atomic mass is 10.1. The molecule has 1 aliphatic rings. The molecule has 1 atom stereocenters. The Bertz CT molecular complexity index is 924. The monoisotopic (exact) mass is 465 g/mol. The molecule has 1 saturated heterocycles. The van der Waals surface area contributed by atoms with Crippen LogP contribution in [0.5, 0.6) is 0 Å². The van der Waals surface area contributed by atoms with Crippen LogP contribution in [0, 0.1) is 0 Å². The molecular weight excluding hydrogens is 422 g/mol. The molecule has 1 aromatic carbocycles. The van der Waals surface area contributed by atoms with Crippen molar-refractivity contribution in [2.24, 2.45) is 4.99 Å². The van der Waals surface area contributed by atoms with E-state index < -0.39 is 0 Å². The Balaban J connectivity index is 1.22. The molecule has 0 spiro atoms. The third-order valence-electron chi connectivity index (χ3n) is 6.91. The summed E-state index contributed by atoms with van der Waals surface area (Å²) in [5, 5.41) is 7.94. The van der Waals surface area contributed by atoms with Crippen LogP contribution < -0.4 is 10.8 Å². The smallest absolute Gasteiger partial charge is 0.220 e. The SMILES string of the molecule is CN=c1ccc(-c2ccccc2)nn1CCCCCCCCCCC(=O)NCC1CCCN1C. The number of benzene rings is 1. The van der Waals surface area contributed by atoms with Crippen LogP contribution in [-0.4, -0.2) is 53.8 Å². The van der Waals surface area contributed by atoms with Crippen molar-refractivity contribution in [1.29, 1.82) is 0 Å². The molecule has 3 rings (SSSR count). The maximum absolute atomic E-state index is 12.0. The van der Waals surface area contributed by atoms with Gasteiger partial charge in [-0.2, -0.15) is 5.10 Å². The molecule has 0 radical (unpaired) electrons. The van der Waals surface area contributed by atoms with E-state index in [1.807, 2.05) is 36.0 Å². The van der Waals surface area contributed by atoms with Crippen molar-refractivity contribution in [3.8, 4) is 11.3 Å². The van der Waals surface area contributed by atoms with Crippen molar-refractivity contribution in [1.82, 2.24) is 20.0 Å². The number of aromatic nitrogens is 2. The highest BCUT2D eigenvalue weighted by molar-refractivity contribution is 5.75. The van der Waals surface area contributed by atoms with Gasteiger partial charge >= 0.3 is 0 Å². The summed E-state index contributed by atoms with van der Waals surface area (Å²) in [5.41, 5.74) is 3.06. The molecular formula is C28H43N5O. The van der Waals surface area contributed by atoms with Gasteiger partial charge < -0.3 is 10.2 Å². The molecule has 1 aromatic heterocycles. The van der Waals surface area contributed by atoms with Gasteiger partial charge in [-0.05, 0) is 51.4 Å². The van der Waals surface area contributed by atoms with E-state index >= 15 is 0 Å². The molecule has 1 aliphatic heterocycles. The zero-order valence-electron chi connectivity index (χ0n) is 21.2.